The largest absolute Gasteiger partial charge is 0.447 e. The number of cyclic esters (lactones) is 1. The van der Waals surface area contributed by atoms with Gasteiger partial charge in [0.1, 0.15) is 24.6 Å². The summed E-state index contributed by atoms with van der Waals surface area (Å²) < 4.78 is 6.54. The zero-order chi connectivity index (χ0) is 13.9. The van der Waals surface area contributed by atoms with Crippen LogP contribution in [-0.4, -0.2) is 44.0 Å². The van der Waals surface area contributed by atoms with Gasteiger partial charge in [-0.2, -0.15) is 10.1 Å². The van der Waals surface area contributed by atoms with Gasteiger partial charge in [-0.25, -0.2) is 14.8 Å². The van der Waals surface area contributed by atoms with Crippen LogP contribution in [0.2, 0.25) is 0 Å². The number of hydrogen-bond acceptors (Lipinski definition) is 7. The van der Waals surface area contributed by atoms with Crippen LogP contribution in [0.3, 0.4) is 0 Å². The molecule has 0 radical (unpaired) electrons. The van der Waals surface area contributed by atoms with Gasteiger partial charge in [0.05, 0.1) is 13.1 Å². The summed E-state index contributed by atoms with van der Waals surface area (Å²) in [5, 5.41) is 7.02. The Morgan fingerprint density at radius 3 is 3.05 bits per heavy atom. The molecule has 20 heavy (non-hydrogen) atoms. The minimum Gasteiger partial charge on any atom is -0.447 e. The van der Waals surface area contributed by atoms with Crippen LogP contribution in [0.25, 0.3) is 0 Å². The first kappa shape index (κ1) is 12.3. The van der Waals surface area contributed by atoms with E-state index in [1.165, 1.54) is 11.2 Å². The molecule has 104 valence electrons. The monoisotopic (exact) mass is 275 g/mol. The first-order valence-electron chi connectivity index (χ1n) is 6.08. The number of nitrogens with zero attached hydrogens (tertiary/aromatic N) is 6. The van der Waals surface area contributed by atoms with E-state index in [1.54, 1.807) is 16.9 Å². The average Bonchev–Trinajstić information content (AvgIpc) is 3.05. The van der Waals surface area contributed by atoms with E-state index in [2.05, 4.69) is 25.4 Å². The zero-order valence-corrected chi connectivity index (χ0v) is 10.9. The topological polar surface area (TPSA) is 98.1 Å². The summed E-state index contributed by atoms with van der Waals surface area (Å²) in [6, 6.07) is 1.67. The van der Waals surface area contributed by atoms with Crippen LogP contribution in [0.15, 0.2) is 18.6 Å². The van der Waals surface area contributed by atoms with Crippen molar-refractivity contribution >= 4 is 17.9 Å². The molecule has 0 aliphatic carbocycles. The summed E-state index contributed by atoms with van der Waals surface area (Å²) in [5.41, 5.74) is 0. The second-order valence-electron chi connectivity index (χ2n) is 4.16. The van der Waals surface area contributed by atoms with Crippen molar-refractivity contribution in [3.8, 4) is 0 Å². The zero-order valence-electron chi connectivity index (χ0n) is 10.9. The number of aryl methyl sites for hydroxylation is 1. The van der Waals surface area contributed by atoms with Crippen molar-refractivity contribution in [2.45, 2.75) is 6.54 Å². The number of aromatic nitrogens is 5. The number of rotatable bonds is 4. The van der Waals surface area contributed by atoms with Crippen molar-refractivity contribution < 1.29 is 9.53 Å². The van der Waals surface area contributed by atoms with Gasteiger partial charge >= 0.3 is 6.09 Å². The number of ether oxygens (including phenoxy) is 1. The third-order valence-corrected chi connectivity index (χ3v) is 2.89. The Morgan fingerprint density at radius 1 is 1.45 bits per heavy atom. The fourth-order valence-corrected chi connectivity index (χ4v) is 1.82. The maximum Gasteiger partial charge on any atom is 0.415 e. The highest BCUT2D eigenvalue weighted by Crippen LogP contribution is 2.16. The van der Waals surface area contributed by atoms with Crippen molar-refractivity contribution in [3.05, 3.63) is 24.4 Å². The van der Waals surface area contributed by atoms with E-state index < -0.39 is 0 Å². The van der Waals surface area contributed by atoms with E-state index in [9.17, 15) is 4.79 Å². The summed E-state index contributed by atoms with van der Waals surface area (Å²) in [6.07, 6.45) is 2.68. The Kier molecular flexibility index (Phi) is 3.15. The highest BCUT2D eigenvalue weighted by molar-refractivity contribution is 5.88. The molecule has 0 atom stereocenters. The molecule has 0 spiro atoms. The highest BCUT2D eigenvalue weighted by atomic mass is 16.6. The molecule has 1 fully saturated rings. The number of hydrogen-bond donors (Lipinski definition) is 1. The third kappa shape index (κ3) is 2.37. The molecule has 1 aliphatic heterocycles. The van der Waals surface area contributed by atoms with Gasteiger partial charge in [0.15, 0.2) is 0 Å². The molecular formula is C11H13N7O2. The van der Waals surface area contributed by atoms with Crippen molar-refractivity contribution in [2.24, 2.45) is 7.05 Å². The summed E-state index contributed by atoms with van der Waals surface area (Å²) in [7, 11) is 1.81. The minimum absolute atomic E-state index is 0.380. The number of carbonyl (C=O) groups is 1. The van der Waals surface area contributed by atoms with E-state index in [-0.39, 0.29) is 6.09 Å². The van der Waals surface area contributed by atoms with Gasteiger partial charge in [-0.15, -0.1) is 0 Å². The van der Waals surface area contributed by atoms with Gasteiger partial charge in [-0.3, -0.25) is 9.58 Å². The van der Waals surface area contributed by atoms with Crippen molar-refractivity contribution in [1.82, 2.24) is 24.7 Å². The molecule has 0 aromatic carbocycles. The average molecular weight is 275 g/mol. The maximum absolute atomic E-state index is 11.5. The first-order valence-corrected chi connectivity index (χ1v) is 6.08. The van der Waals surface area contributed by atoms with E-state index in [0.717, 1.165) is 5.82 Å². The quantitative estimate of drug-likeness (QED) is 0.849. The van der Waals surface area contributed by atoms with Gasteiger partial charge in [-0.05, 0) is 6.07 Å². The molecule has 1 amide bonds. The lowest BCUT2D eigenvalue weighted by Gasteiger charge is -2.12. The maximum atomic E-state index is 11.5. The van der Waals surface area contributed by atoms with Gasteiger partial charge in [0, 0.05) is 13.2 Å². The second kappa shape index (κ2) is 5.11. The van der Waals surface area contributed by atoms with Crippen LogP contribution in [0.4, 0.5) is 16.6 Å². The Morgan fingerprint density at radius 2 is 2.35 bits per heavy atom. The number of carbonyl (C=O) groups excluding carboxylic acids is 1. The Bertz CT molecular complexity index is 627. The summed E-state index contributed by atoms with van der Waals surface area (Å²) in [4.78, 5) is 25.4. The van der Waals surface area contributed by atoms with Crippen LogP contribution >= 0.6 is 0 Å². The smallest absolute Gasteiger partial charge is 0.415 e. The Balaban J connectivity index is 1.71. The third-order valence-electron chi connectivity index (χ3n) is 2.89. The number of anilines is 2. The van der Waals surface area contributed by atoms with E-state index in [4.69, 9.17) is 4.74 Å². The lowest BCUT2D eigenvalue weighted by atomic mass is 10.5. The number of nitrogens with one attached hydrogen (secondary N) is 1. The Hall–Kier alpha value is -2.71. The molecule has 0 saturated carbocycles. The van der Waals surface area contributed by atoms with Crippen LogP contribution in [0.5, 0.6) is 0 Å². The van der Waals surface area contributed by atoms with Crippen LogP contribution < -0.4 is 10.2 Å². The minimum atomic E-state index is -0.386. The fraction of sp³-hybridized carbons (Fsp3) is 0.364. The molecule has 1 aliphatic rings. The first-order chi connectivity index (χ1) is 9.74. The van der Waals surface area contributed by atoms with Gasteiger partial charge in [0.25, 0.3) is 0 Å². The van der Waals surface area contributed by atoms with Crippen LogP contribution in [0.1, 0.15) is 5.82 Å². The molecule has 1 saturated heterocycles. The van der Waals surface area contributed by atoms with Gasteiger partial charge < -0.3 is 10.1 Å². The molecule has 3 rings (SSSR count). The predicted octanol–water partition coefficient (Wildman–Crippen LogP) is 0.174. The molecule has 9 heteroatoms. The van der Waals surface area contributed by atoms with E-state index >= 15 is 0 Å². The summed E-state index contributed by atoms with van der Waals surface area (Å²) >= 11 is 0. The molecule has 0 bridgehead atoms. The second-order valence-corrected chi connectivity index (χ2v) is 4.16. The van der Waals surface area contributed by atoms with Crippen LogP contribution in [0, 0.1) is 0 Å². The Labute approximate surface area is 114 Å². The highest BCUT2D eigenvalue weighted by Gasteiger charge is 2.24. The molecule has 0 unspecified atom stereocenters. The van der Waals surface area contributed by atoms with Crippen molar-refractivity contribution in [2.75, 3.05) is 23.4 Å². The standard InChI is InChI=1S/C11H13N7O2/c1-17-9(14-7-15-17)6-13-10-12-3-2-8(16-10)18-4-5-20-11(18)19/h2-3,7H,4-6H2,1H3,(H,12,13,16). The van der Waals surface area contributed by atoms with Gasteiger partial charge in [0.2, 0.25) is 5.95 Å². The molecule has 2 aromatic heterocycles. The summed E-state index contributed by atoms with van der Waals surface area (Å²) in [5.74, 6) is 1.70. The van der Waals surface area contributed by atoms with E-state index in [1.807, 2.05) is 7.05 Å². The van der Waals surface area contributed by atoms with Crippen molar-refractivity contribution in [1.29, 1.82) is 0 Å². The van der Waals surface area contributed by atoms with Crippen molar-refractivity contribution in [3.63, 3.8) is 0 Å². The molecule has 1 N–H and O–H groups in total. The lowest BCUT2D eigenvalue weighted by Crippen LogP contribution is -2.24. The normalized spacial score (nSPS) is 14.4. The van der Waals surface area contributed by atoms with E-state index in [0.29, 0.717) is 31.5 Å². The number of amides is 1. The lowest BCUT2D eigenvalue weighted by molar-refractivity contribution is 0.181. The summed E-state index contributed by atoms with van der Waals surface area (Å²) in [6.45, 7) is 1.33. The molecule has 2 aromatic rings. The SMILES string of the molecule is Cn1ncnc1CNc1nccc(N2CCOC2=O)n1. The molecule has 3 heterocycles. The van der Waals surface area contributed by atoms with Gasteiger partial charge in [-0.1, -0.05) is 0 Å². The van der Waals surface area contributed by atoms with Crippen LogP contribution in [-0.2, 0) is 18.3 Å². The fourth-order valence-electron chi connectivity index (χ4n) is 1.82. The predicted molar refractivity (Wildman–Crippen MR) is 69.1 cm³/mol. The molecular weight excluding hydrogens is 262 g/mol. The molecule has 9 nitrogen and oxygen atoms in total.